The molecule has 0 saturated heterocycles. The zero-order chi connectivity index (χ0) is 12.3. The maximum atomic E-state index is 11.2. The van der Waals surface area contributed by atoms with Crippen LogP contribution in [0.2, 0.25) is 0 Å². The summed E-state index contributed by atoms with van der Waals surface area (Å²) in [5.41, 5.74) is 3.97. The van der Waals surface area contributed by atoms with Crippen LogP contribution in [0.1, 0.15) is 10.4 Å². The van der Waals surface area contributed by atoms with Crippen LogP contribution < -0.4 is 5.43 Å². The third kappa shape index (κ3) is 2.86. The Hall–Kier alpha value is -1.34. The molecule has 0 spiro atoms. The van der Waals surface area contributed by atoms with E-state index in [4.69, 9.17) is 0 Å². The first-order chi connectivity index (χ1) is 8.18. The second kappa shape index (κ2) is 5.33. The van der Waals surface area contributed by atoms with Crippen LogP contribution in [0.25, 0.3) is 0 Å². The summed E-state index contributed by atoms with van der Waals surface area (Å²) in [5, 5.41) is 13.6. The average molecular weight is 313 g/mol. The van der Waals surface area contributed by atoms with Gasteiger partial charge in [0, 0.05) is 0 Å². The number of nitrogens with one attached hydrogen (secondary N) is 1. The summed E-state index contributed by atoms with van der Waals surface area (Å²) >= 11 is 4.80. The van der Waals surface area contributed by atoms with Gasteiger partial charge >= 0.3 is 0 Å². The van der Waals surface area contributed by atoms with Crippen molar-refractivity contribution in [1.82, 2.24) is 5.43 Å². The van der Waals surface area contributed by atoms with Gasteiger partial charge in [-0.25, -0.2) is 5.43 Å². The first-order valence-corrected chi connectivity index (χ1v) is 6.60. The van der Waals surface area contributed by atoms with E-state index in [1.165, 1.54) is 6.21 Å². The predicted molar refractivity (Wildman–Crippen MR) is 73.4 cm³/mol. The molecule has 1 unspecified atom stereocenters. The van der Waals surface area contributed by atoms with Crippen LogP contribution in [-0.4, -0.2) is 28.9 Å². The van der Waals surface area contributed by atoms with Gasteiger partial charge < -0.3 is 0 Å². The molecule has 88 valence electrons. The van der Waals surface area contributed by atoms with Gasteiger partial charge in [-0.05, 0) is 23.9 Å². The molecular formula is C10H9BrN4OS. The van der Waals surface area contributed by atoms with Gasteiger partial charge in [-0.1, -0.05) is 15.9 Å². The summed E-state index contributed by atoms with van der Waals surface area (Å²) in [7, 11) is 0. The molecule has 0 radical (unpaired) electrons. The third-order valence-corrected chi connectivity index (χ3v) is 3.95. The fourth-order valence-corrected chi connectivity index (χ4v) is 2.25. The van der Waals surface area contributed by atoms with Gasteiger partial charge in [-0.3, -0.25) is 4.79 Å². The minimum absolute atomic E-state index is 0.242. The van der Waals surface area contributed by atoms with E-state index >= 15 is 0 Å². The lowest BCUT2D eigenvalue weighted by molar-refractivity contribution is -0.119. The number of carbonyl (C=O) groups excluding carboxylic acids is 1. The highest BCUT2D eigenvalue weighted by atomic mass is 79.9. The van der Waals surface area contributed by atoms with E-state index in [-0.39, 0.29) is 5.91 Å². The molecule has 1 N–H and O–H groups in total. The highest BCUT2D eigenvalue weighted by Crippen LogP contribution is 2.12. The lowest BCUT2D eigenvalue weighted by Gasteiger charge is -2.10. The van der Waals surface area contributed by atoms with Crippen molar-refractivity contribution in [1.29, 1.82) is 0 Å². The number of rotatable bonds is 2. The monoisotopic (exact) mass is 312 g/mol. The van der Waals surface area contributed by atoms with Gasteiger partial charge in [-0.15, -0.1) is 11.3 Å². The summed E-state index contributed by atoms with van der Waals surface area (Å²) in [6, 6.07) is 2.02. The second-order valence-electron chi connectivity index (χ2n) is 3.33. The van der Waals surface area contributed by atoms with Crippen LogP contribution in [0.3, 0.4) is 0 Å². The number of amides is 1. The number of hydrogen-bond acceptors (Lipinski definition) is 5. The molecule has 0 aliphatic carbocycles. The zero-order valence-corrected chi connectivity index (χ0v) is 11.3. The molecule has 1 amide bonds. The summed E-state index contributed by atoms with van der Waals surface area (Å²) in [5.74, 6) is -0.242. The molecule has 1 atom stereocenters. The first-order valence-electron chi connectivity index (χ1n) is 4.80. The second-order valence-corrected chi connectivity index (χ2v) is 5.20. The van der Waals surface area contributed by atoms with Gasteiger partial charge in [0.05, 0.1) is 17.3 Å². The number of carbonyl (C=O) groups is 1. The molecule has 17 heavy (non-hydrogen) atoms. The predicted octanol–water partition coefficient (Wildman–Crippen LogP) is 1.71. The minimum atomic E-state index is -0.499. The number of hydrogen-bond donors (Lipinski definition) is 1. The van der Waals surface area contributed by atoms with E-state index in [1.54, 1.807) is 17.6 Å². The Morgan fingerprint density at radius 1 is 1.65 bits per heavy atom. The lowest BCUT2D eigenvalue weighted by atomic mass is 10.2. The van der Waals surface area contributed by atoms with E-state index in [9.17, 15) is 4.79 Å². The van der Waals surface area contributed by atoms with Gasteiger partial charge in [-0.2, -0.15) is 15.3 Å². The Morgan fingerprint density at radius 2 is 2.47 bits per heavy atom. The van der Waals surface area contributed by atoms with Crippen molar-refractivity contribution >= 4 is 51.3 Å². The smallest absolute Gasteiger partial charge is 0.260 e. The molecule has 1 aromatic heterocycles. The van der Waals surface area contributed by atoms with E-state index < -0.39 is 4.83 Å². The van der Waals surface area contributed by atoms with E-state index in [2.05, 4.69) is 36.7 Å². The third-order valence-electron chi connectivity index (χ3n) is 2.11. The number of halogens is 1. The fraction of sp³-hybridized carbons (Fsp3) is 0.200. The molecule has 0 saturated carbocycles. The van der Waals surface area contributed by atoms with Crippen molar-refractivity contribution < 1.29 is 4.79 Å². The normalized spacial score (nSPS) is 22.4. The van der Waals surface area contributed by atoms with Gasteiger partial charge in [0.2, 0.25) is 0 Å². The molecule has 0 fully saturated rings. The fourth-order valence-electron chi connectivity index (χ4n) is 1.16. The van der Waals surface area contributed by atoms with Crippen molar-refractivity contribution in [2.75, 3.05) is 0 Å². The standard InChI is InChI=1S/C10H9BrN4OS/c1-6-2-3-17-8(6)5-13-14-7-4-12-15-10(16)9(7)11/h2-5,9H,1H3,(H,15,16)/b13-5-,14-7-. The molecule has 0 aromatic carbocycles. The van der Waals surface area contributed by atoms with Crippen LogP contribution in [0.15, 0.2) is 26.8 Å². The average Bonchev–Trinajstić information content (AvgIpc) is 2.71. The highest BCUT2D eigenvalue weighted by molar-refractivity contribution is 9.10. The first kappa shape index (κ1) is 12.1. The van der Waals surface area contributed by atoms with Crippen LogP contribution in [0.5, 0.6) is 0 Å². The Labute approximate surface area is 110 Å². The Kier molecular flexibility index (Phi) is 3.80. The van der Waals surface area contributed by atoms with E-state index in [0.717, 1.165) is 10.4 Å². The quantitative estimate of drug-likeness (QED) is 0.504. The number of alkyl halides is 1. The lowest BCUT2D eigenvalue weighted by Crippen LogP contribution is -2.38. The maximum Gasteiger partial charge on any atom is 0.260 e. The summed E-state index contributed by atoms with van der Waals surface area (Å²) in [6.45, 7) is 2.01. The highest BCUT2D eigenvalue weighted by Gasteiger charge is 2.23. The topological polar surface area (TPSA) is 66.2 Å². The molecule has 0 bridgehead atoms. The largest absolute Gasteiger partial charge is 0.271 e. The Bertz CT molecular complexity index is 520. The van der Waals surface area contributed by atoms with Crippen molar-refractivity contribution in [2.45, 2.75) is 11.8 Å². The van der Waals surface area contributed by atoms with Crippen LogP contribution >= 0.6 is 27.3 Å². The summed E-state index contributed by atoms with van der Waals surface area (Å²) in [6.07, 6.45) is 3.15. The maximum absolute atomic E-state index is 11.2. The van der Waals surface area contributed by atoms with E-state index in [1.807, 2.05) is 18.4 Å². The molecule has 2 rings (SSSR count). The van der Waals surface area contributed by atoms with Crippen LogP contribution in [-0.2, 0) is 4.79 Å². The van der Waals surface area contributed by atoms with Gasteiger partial charge in [0.1, 0.15) is 10.5 Å². The molecule has 1 aliphatic rings. The number of nitrogens with zero attached hydrogens (tertiary/aromatic N) is 3. The van der Waals surface area contributed by atoms with E-state index in [0.29, 0.717) is 5.71 Å². The Morgan fingerprint density at radius 3 is 3.18 bits per heavy atom. The molecule has 5 nitrogen and oxygen atoms in total. The number of aryl methyl sites for hydroxylation is 1. The number of thiophene rings is 1. The van der Waals surface area contributed by atoms with Crippen molar-refractivity contribution in [3.63, 3.8) is 0 Å². The summed E-state index contributed by atoms with van der Waals surface area (Å²) < 4.78 is 0. The van der Waals surface area contributed by atoms with Gasteiger partial charge in [0.25, 0.3) is 5.91 Å². The molecule has 1 aromatic rings. The molecule has 2 heterocycles. The molecular weight excluding hydrogens is 304 g/mol. The van der Waals surface area contributed by atoms with Crippen molar-refractivity contribution in [3.05, 3.63) is 21.9 Å². The van der Waals surface area contributed by atoms with Gasteiger partial charge in [0.15, 0.2) is 0 Å². The molecule has 7 heteroatoms. The van der Waals surface area contributed by atoms with Crippen LogP contribution in [0, 0.1) is 6.92 Å². The minimum Gasteiger partial charge on any atom is -0.271 e. The summed E-state index contributed by atoms with van der Waals surface area (Å²) in [4.78, 5) is 11.8. The number of hydrazone groups is 1. The molecule has 1 aliphatic heterocycles. The SMILES string of the molecule is Cc1ccsc1/C=N\N=C1\C=NNC(=O)C1Br. The van der Waals surface area contributed by atoms with Crippen LogP contribution in [0.4, 0.5) is 0 Å². The van der Waals surface area contributed by atoms with Crippen molar-refractivity contribution in [2.24, 2.45) is 15.3 Å². The Balaban J connectivity index is 2.13. The van der Waals surface area contributed by atoms with Crippen molar-refractivity contribution in [3.8, 4) is 0 Å². The zero-order valence-electron chi connectivity index (χ0n) is 8.92.